The number of hydrogen-bond donors (Lipinski definition) is 3. The monoisotopic (exact) mass is 491 g/mol. The van der Waals surface area contributed by atoms with E-state index in [0.29, 0.717) is 29.3 Å². The van der Waals surface area contributed by atoms with Crippen LogP contribution in [0.4, 0.5) is 10.5 Å². The zero-order valence-corrected chi connectivity index (χ0v) is 19.0. The first-order valence-corrected chi connectivity index (χ1v) is 10.9. The highest BCUT2D eigenvalue weighted by Gasteiger charge is 2.31. The maximum atomic E-state index is 13.1. The molecule has 1 aliphatic rings. The lowest BCUT2D eigenvalue weighted by atomic mass is 9.94. The van der Waals surface area contributed by atoms with E-state index in [1.807, 2.05) is 66.7 Å². The molecule has 4 rings (SSSR count). The molecule has 3 aromatic rings. The van der Waals surface area contributed by atoms with Gasteiger partial charge < -0.3 is 20.7 Å². The average molecular weight is 492 g/mol. The van der Waals surface area contributed by atoms with Crippen LogP contribution >= 0.6 is 15.9 Å². The van der Waals surface area contributed by atoms with Crippen molar-refractivity contribution in [3.8, 4) is 5.75 Å². The summed E-state index contributed by atoms with van der Waals surface area (Å²) in [4.78, 5) is 25.3. The summed E-state index contributed by atoms with van der Waals surface area (Å²) >= 11 is 3.39. The largest absolute Gasteiger partial charge is 0.489 e. The summed E-state index contributed by atoms with van der Waals surface area (Å²) < 4.78 is 6.85. The van der Waals surface area contributed by atoms with Gasteiger partial charge in [-0.25, -0.2) is 4.79 Å². The highest BCUT2D eigenvalue weighted by atomic mass is 79.9. The minimum absolute atomic E-state index is 0.294. The minimum Gasteiger partial charge on any atom is -0.489 e. The zero-order chi connectivity index (χ0) is 22.5. The molecule has 0 saturated heterocycles. The summed E-state index contributed by atoms with van der Waals surface area (Å²) in [5.74, 6) is 0.363. The maximum absolute atomic E-state index is 13.1. The molecule has 0 unspecified atom stereocenters. The molecule has 6 nitrogen and oxygen atoms in total. The fraction of sp³-hybridized carbons (Fsp3) is 0.120. The second kappa shape index (κ2) is 9.70. The van der Waals surface area contributed by atoms with Crippen molar-refractivity contribution >= 4 is 33.6 Å². The fourth-order valence-corrected chi connectivity index (χ4v) is 3.77. The maximum Gasteiger partial charge on any atom is 0.319 e. The number of carbonyl (C=O) groups is 2. The summed E-state index contributed by atoms with van der Waals surface area (Å²) in [6.07, 6.45) is 0. The number of allylic oxidation sites excluding steroid dienone is 1. The topological polar surface area (TPSA) is 79.5 Å². The number of carbonyl (C=O) groups excluding carboxylic acids is 2. The molecule has 0 saturated carbocycles. The highest BCUT2D eigenvalue weighted by Crippen LogP contribution is 2.30. The quantitative estimate of drug-likeness (QED) is 0.437. The van der Waals surface area contributed by atoms with Crippen LogP contribution in [0.25, 0.3) is 0 Å². The van der Waals surface area contributed by atoms with Crippen molar-refractivity contribution in [3.05, 3.63) is 106 Å². The van der Waals surface area contributed by atoms with E-state index >= 15 is 0 Å². The number of amides is 3. The normalized spacial score (nSPS) is 15.6. The summed E-state index contributed by atoms with van der Waals surface area (Å²) in [5.41, 5.74) is 3.41. The number of rotatable bonds is 6. The van der Waals surface area contributed by atoms with E-state index in [2.05, 4.69) is 31.9 Å². The van der Waals surface area contributed by atoms with Crippen molar-refractivity contribution in [1.82, 2.24) is 10.6 Å². The van der Waals surface area contributed by atoms with E-state index < -0.39 is 6.04 Å². The second-order valence-electron chi connectivity index (χ2n) is 7.38. The molecule has 0 fully saturated rings. The van der Waals surface area contributed by atoms with E-state index in [-0.39, 0.29) is 11.9 Å². The van der Waals surface area contributed by atoms with Gasteiger partial charge in [-0.3, -0.25) is 4.79 Å². The molecule has 0 aliphatic carbocycles. The number of nitrogens with one attached hydrogen (secondary N) is 3. The first-order chi connectivity index (χ1) is 15.5. The Morgan fingerprint density at radius 3 is 2.53 bits per heavy atom. The van der Waals surface area contributed by atoms with Crippen molar-refractivity contribution in [2.24, 2.45) is 0 Å². The van der Waals surface area contributed by atoms with Crippen molar-refractivity contribution in [1.29, 1.82) is 0 Å². The van der Waals surface area contributed by atoms with Crippen molar-refractivity contribution < 1.29 is 14.3 Å². The number of anilines is 1. The summed E-state index contributed by atoms with van der Waals surface area (Å²) in [6.45, 7) is 2.15. The van der Waals surface area contributed by atoms with Gasteiger partial charge in [-0.15, -0.1) is 0 Å². The third kappa shape index (κ3) is 5.18. The van der Waals surface area contributed by atoms with Crippen molar-refractivity contribution in [3.63, 3.8) is 0 Å². The Balaban J connectivity index is 1.57. The van der Waals surface area contributed by atoms with Crippen LogP contribution in [0.1, 0.15) is 24.1 Å². The molecule has 1 heterocycles. The van der Waals surface area contributed by atoms with Crippen molar-refractivity contribution in [2.75, 3.05) is 5.32 Å². The summed E-state index contributed by atoms with van der Waals surface area (Å²) in [5, 5.41) is 8.46. The molecule has 0 aromatic heterocycles. The van der Waals surface area contributed by atoms with Crippen LogP contribution in [0.15, 0.2) is 94.6 Å². The van der Waals surface area contributed by atoms with Crippen molar-refractivity contribution in [2.45, 2.75) is 19.6 Å². The summed E-state index contributed by atoms with van der Waals surface area (Å²) in [7, 11) is 0. The number of benzene rings is 3. The van der Waals surface area contributed by atoms with Gasteiger partial charge in [0, 0.05) is 15.9 Å². The van der Waals surface area contributed by atoms with Gasteiger partial charge in [-0.1, -0.05) is 58.4 Å². The lowest BCUT2D eigenvalue weighted by molar-refractivity contribution is -0.113. The lowest BCUT2D eigenvalue weighted by Crippen LogP contribution is -2.45. The minimum atomic E-state index is -0.612. The smallest absolute Gasteiger partial charge is 0.319 e. The fourth-order valence-electron chi connectivity index (χ4n) is 3.50. The Hall–Kier alpha value is -3.58. The Kier molecular flexibility index (Phi) is 6.56. The molecule has 3 N–H and O–H groups in total. The van der Waals surface area contributed by atoms with E-state index in [0.717, 1.165) is 15.6 Å². The molecular weight excluding hydrogens is 470 g/mol. The molecule has 3 aromatic carbocycles. The van der Waals surface area contributed by atoms with Gasteiger partial charge in [-0.2, -0.15) is 0 Å². The SMILES string of the molecule is CC1=C(C(=O)Nc2ccc(Br)cc2)[C@@H](c2cccc(OCc3ccccc3)c2)NC(=O)N1. The number of urea groups is 1. The van der Waals surface area contributed by atoms with Crippen LogP contribution in [0.5, 0.6) is 5.75 Å². The molecule has 1 atom stereocenters. The van der Waals surface area contributed by atoms with E-state index in [1.54, 1.807) is 19.1 Å². The molecular formula is C25H22BrN3O3. The van der Waals surface area contributed by atoms with Gasteiger partial charge in [0.25, 0.3) is 5.91 Å². The average Bonchev–Trinajstić information content (AvgIpc) is 2.79. The highest BCUT2D eigenvalue weighted by molar-refractivity contribution is 9.10. The molecule has 162 valence electrons. The van der Waals surface area contributed by atoms with E-state index in [4.69, 9.17) is 4.74 Å². The number of hydrogen-bond acceptors (Lipinski definition) is 3. The number of halogens is 1. The van der Waals surface area contributed by atoms with Crippen LogP contribution in [0, 0.1) is 0 Å². The zero-order valence-electron chi connectivity index (χ0n) is 17.4. The Bertz CT molecular complexity index is 1160. The van der Waals surface area contributed by atoms with E-state index in [9.17, 15) is 9.59 Å². The first-order valence-electron chi connectivity index (χ1n) is 10.1. The van der Waals surface area contributed by atoms with Crippen LogP contribution < -0.4 is 20.7 Å². The lowest BCUT2D eigenvalue weighted by Gasteiger charge is -2.29. The van der Waals surface area contributed by atoms with Gasteiger partial charge >= 0.3 is 6.03 Å². The third-order valence-electron chi connectivity index (χ3n) is 5.06. The van der Waals surface area contributed by atoms with Crippen LogP contribution in [0.3, 0.4) is 0 Å². The van der Waals surface area contributed by atoms with E-state index in [1.165, 1.54) is 0 Å². The predicted octanol–water partition coefficient (Wildman–Crippen LogP) is 5.29. The van der Waals surface area contributed by atoms with Crippen LogP contribution in [-0.4, -0.2) is 11.9 Å². The number of ether oxygens (including phenoxy) is 1. The predicted molar refractivity (Wildman–Crippen MR) is 127 cm³/mol. The van der Waals surface area contributed by atoms with Gasteiger partial charge in [0.05, 0.1) is 11.6 Å². The standard InChI is InChI=1S/C25H22BrN3O3/c1-16-22(24(30)28-20-12-10-19(26)11-13-20)23(29-25(31)27-16)18-8-5-9-21(14-18)32-15-17-6-3-2-4-7-17/h2-14,23H,15H2,1H3,(H,28,30)(H2,27,29,31)/t23-/m1/s1. The summed E-state index contributed by atoms with van der Waals surface area (Å²) in [6, 6.07) is 23.6. The Labute approximate surface area is 194 Å². The Morgan fingerprint density at radius 2 is 1.78 bits per heavy atom. The molecule has 3 amide bonds. The molecule has 0 bridgehead atoms. The molecule has 1 aliphatic heterocycles. The molecule has 32 heavy (non-hydrogen) atoms. The van der Waals surface area contributed by atoms with Crippen LogP contribution in [-0.2, 0) is 11.4 Å². The van der Waals surface area contributed by atoms with Gasteiger partial charge in [0.15, 0.2) is 0 Å². The van der Waals surface area contributed by atoms with Gasteiger partial charge in [-0.05, 0) is 54.4 Å². The van der Waals surface area contributed by atoms with Gasteiger partial charge in [0.1, 0.15) is 12.4 Å². The molecule has 0 spiro atoms. The second-order valence-corrected chi connectivity index (χ2v) is 8.29. The van der Waals surface area contributed by atoms with Gasteiger partial charge in [0.2, 0.25) is 0 Å². The van der Waals surface area contributed by atoms with Crippen LogP contribution in [0.2, 0.25) is 0 Å². The Morgan fingerprint density at radius 1 is 1.03 bits per heavy atom. The third-order valence-corrected chi connectivity index (χ3v) is 5.58. The molecule has 7 heteroatoms. The molecule has 0 radical (unpaired) electrons. The first kappa shape index (κ1) is 21.6.